The molecule has 1 atom stereocenters. The molecule has 0 aliphatic carbocycles. The highest BCUT2D eigenvalue weighted by Gasteiger charge is 2.40. The van der Waals surface area contributed by atoms with E-state index in [1.54, 1.807) is 0 Å². The Balaban J connectivity index is 1.90. The zero-order chi connectivity index (χ0) is 18.9. The quantitative estimate of drug-likeness (QED) is 0.866. The molecule has 26 heavy (non-hydrogen) atoms. The maximum absolute atomic E-state index is 5.89. The van der Waals surface area contributed by atoms with Crippen LogP contribution in [0.2, 0.25) is 0 Å². The largest absolute Gasteiger partial charge is 0.368 e. The minimum Gasteiger partial charge on any atom is -0.368 e. The number of rotatable bonds is 3. The standard InChI is InChI=1S/C21H31N5/c1-20(2)12-11-16(13-21(3,4)26(20)5)24-18-17(14-23-19(22)25-18)15-9-7-6-8-10-15/h6-10,14,16H,11-13H2,1-5H3,(H3,22,23,24,25). The summed E-state index contributed by atoms with van der Waals surface area (Å²) in [6, 6.07) is 10.6. The molecular weight excluding hydrogens is 322 g/mol. The molecular formula is C21H31N5. The number of benzene rings is 1. The van der Waals surface area contributed by atoms with Gasteiger partial charge in [0, 0.05) is 28.9 Å². The summed E-state index contributed by atoms with van der Waals surface area (Å²) in [4.78, 5) is 11.2. The second kappa shape index (κ2) is 6.88. The van der Waals surface area contributed by atoms with Crippen molar-refractivity contribution in [2.24, 2.45) is 0 Å². The Kier molecular flexibility index (Phi) is 4.93. The second-order valence-electron chi connectivity index (χ2n) is 8.62. The summed E-state index contributed by atoms with van der Waals surface area (Å²) < 4.78 is 0. The molecule has 0 saturated carbocycles. The topological polar surface area (TPSA) is 67.1 Å². The molecule has 1 unspecified atom stereocenters. The molecule has 5 nitrogen and oxygen atoms in total. The van der Waals surface area contributed by atoms with Gasteiger partial charge in [-0.3, -0.25) is 4.90 Å². The van der Waals surface area contributed by atoms with Crippen molar-refractivity contribution >= 4 is 11.8 Å². The lowest BCUT2D eigenvalue weighted by atomic mass is 9.92. The Morgan fingerprint density at radius 1 is 1.12 bits per heavy atom. The fourth-order valence-electron chi connectivity index (χ4n) is 4.01. The number of hydrogen-bond donors (Lipinski definition) is 2. The molecule has 3 rings (SSSR count). The van der Waals surface area contributed by atoms with Crippen LogP contribution in [0.15, 0.2) is 36.5 Å². The Labute approximate surface area is 157 Å². The first-order valence-corrected chi connectivity index (χ1v) is 9.37. The van der Waals surface area contributed by atoms with Gasteiger partial charge >= 0.3 is 0 Å². The molecule has 3 N–H and O–H groups in total. The van der Waals surface area contributed by atoms with Crippen LogP contribution in [0, 0.1) is 0 Å². The Bertz CT molecular complexity index is 754. The third-order valence-corrected chi connectivity index (χ3v) is 5.90. The number of likely N-dealkylation sites (tertiary alicyclic amines) is 1. The maximum atomic E-state index is 5.89. The van der Waals surface area contributed by atoms with E-state index in [-0.39, 0.29) is 11.1 Å². The first-order valence-electron chi connectivity index (χ1n) is 9.37. The molecule has 0 bridgehead atoms. The average molecular weight is 354 g/mol. The maximum Gasteiger partial charge on any atom is 0.221 e. The molecule has 0 radical (unpaired) electrons. The van der Waals surface area contributed by atoms with Gasteiger partial charge in [-0.05, 0) is 59.6 Å². The highest BCUT2D eigenvalue weighted by Crippen LogP contribution is 2.37. The summed E-state index contributed by atoms with van der Waals surface area (Å²) in [5.74, 6) is 1.13. The van der Waals surface area contributed by atoms with Crippen LogP contribution in [-0.2, 0) is 0 Å². The molecule has 0 spiro atoms. The van der Waals surface area contributed by atoms with Gasteiger partial charge in [-0.25, -0.2) is 4.98 Å². The molecule has 2 heterocycles. The van der Waals surface area contributed by atoms with Crippen LogP contribution < -0.4 is 11.1 Å². The fraction of sp³-hybridized carbons (Fsp3) is 0.524. The molecule has 5 heteroatoms. The number of nitrogen functional groups attached to an aromatic ring is 1. The van der Waals surface area contributed by atoms with Crippen molar-refractivity contribution in [2.75, 3.05) is 18.1 Å². The number of aromatic nitrogens is 2. The van der Waals surface area contributed by atoms with E-state index in [9.17, 15) is 0 Å². The third-order valence-electron chi connectivity index (χ3n) is 5.90. The zero-order valence-electron chi connectivity index (χ0n) is 16.6. The van der Waals surface area contributed by atoms with Crippen molar-refractivity contribution in [1.29, 1.82) is 0 Å². The number of nitrogens with one attached hydrogen (secondary N) is 1. The third kappa shape index (κ3) is 3.83. The van der Waals surface area contributed by atoms with Crippen LogP contribution in [-0.4, -0.2) is 39.0 Å². The summed E-state index contributed by atoms with van der Waals surface area (Å²) in [6.07, 6.45) is 5.09. The smallest absolute Gasteiger partial charge is 0.221 e. The van der Waals surface area contributed by atoms with E-state index in [1.807, 2.05) is 24.4 Å². The van der Waals surface area contributed by atoms with Crippen molar-refractivity contribution in [2.45, 2.75) is 64.1 Å². The predicted octanol–water partition coefficient (Wildman–Crippen LogP) is 4.18. The number of nitrogens with two attached hydrogens (primary N) is 1. The van der Waals surface area contributed by atoms with Gasteiger partial charge in [0.1, 0.15) is 5.82 Å². The van der Waals surface area contributed by atoms with Crippen molar-refractivity contribution in [1.82, 2.24) is 14.9 Å². The van der Waals surface area contributed by atoms with Crippen LogP contribution in [0.5, 0.6) is 0 Å². The van der Waals surface area contributed by atoms with E-state index in [0.717, 1.165) is 36.2 Å². The van der Waals surface area contributed by atoms with E-state index in [4.69, 9.17) is 5.73 Å². The van der Waals surface area contributed by atoms with Gasteiger partial charge < -0.3 is 11.1 Å². The van der Waals surface area contributed by atoms with Gasteiger partial charge in [-0.15, -0.1) is 0 Å². The minimum absolute atomic E-state index is 0.100. The van der Waals surface area contributed by atoms with E-state index in [2.05, 4.69) is 67.1 Å². The lowest BCUT2D eigenvalue weighted by molar-refractivity contribution is 0.0488. The van der Waals surface area contributed by atoms with Gasteiger partial charge in [-0.1, -0.05) is 30.3 Å². The molecule has 1 aromatic heterocycles. The molecule has 1 aromatic carbocycles. The van der Waals surface area contributed by atoms with Crippen LogP contribution >= 0.6 is 0 Å². The van der Waals surface area contributed by atoms with Gasteiger partial charge in [0.05, 0.1) is 0 Å². The molecule has 1 fully saturated rings. The van der Waals surface area contributed by atoms with E-state index in [0.29, 0.717) is 12.0 Å². The van der Waals surface area contributed by atoms with Gasteiger partial charge in [0.2, 0.25) is 5.95 Å². The highest BCUT2D eigenvalue weighted by atomic mass is 15.2. The van der Waals surface area contributed by atoms with Crippen LogP contribution in [0.1, 0.15) is 47.0 Å². The van der Waals surface area contributed by atoms with E-state index >= 15 is 0 Å². The Morgan fingerprint density at radius 3 is 2.50 bits per heavy atom. The van der Waals surface area contributed by atoms with Crippen LogP contribution in [0.4, 0.5) is 11.8 Å². The summed E-state index contributed by atoms with van der Waals surface area (Å²) >= 11 is 0. The predicted molar refractivity (Wildman–Crippen MR) is 109 cm³/mol. The first-order chi connectivity index (χ1) is 12.2. The van der Waals surface area contributed by atoms with Gasteiger partial charge in [0.15, 0.2) is 0 Å². The van der Waals surface area contributed by atoms with Gasteiger partial charge in [0.25, 0.3) is 0 Å². The number of anilines is 2. The normalized spacial score (nSPS) is 22.6. The van der Waals surface area contributed by atoms with Crippen molar-refractivity contribution in [3.63, 3.8) is 0 Å². The SMILES string of the molecule is CN1C(C)(C)CCC(Nc2nc(N)ncc2-c2ccccc2)CC1(C)C. The molecule has 140 valence electrons. The first kappa shape index (κ1) is 18.6. The summed E-state index contributed by atoms with van der Waals surface area (Å²) in [5.41, 5.74) is 8.26. The molecule has 1 aliphatic heterocycles. The van der Waals surface area contributed by atoms with Crippen LogP contribution in [0.3, 0.4) is 0 Å². The summed E-state index contributed by atoms with van der Waals surface area (Å²) in [6.45, 7) is 9.30. The van der Waals surface area contributed by atoms with E-state index in [1.165, 1.54) is 0 Å². The molecule has 2 aromatic rings. The van der Waals surface area contributed by atoms with Crippen molar-refractivity contribution in [3.05, 3.63) is 36.5 Å². The van der Waals surface area contributed by atoms with Crippen molar-refractivity contribution in [3.8, 4) is 11.1 Å². The molecule has 1 saturated heterocycles. The number of nitrogens with zero attached hydrogens (tertiary/aromatic N) is 3. The second-order valence-corrected chi connectivity index (χ2v) is 8.62. The highest BCUT2D eigenvalue weighted by molar-refractivity contribution is 5.75. The monoisotopic (exact) mass is 353 g/mol. The lowest BCUT2D eigenvalue weighted by Crippen LogP contribution is -2.52. The Morgan fingerprint density at radius 2 is 1.81 bits per heavy atom. The molecule has 0 amide bonds. The van der Waals surface area contributed by atoms with Crippen LogP contribution in [0.25, 0.3) is 11.1 Å². The zero-order valence-corrected chi connectivity index (χ0v) is 16.6. The molecule has 1 aliphatic rings. The minimum atomic E-state index is 0.100. The fourth-order valence-corrected chi connectivity index (χ4v) is 4.01. The summed E-state index contributed by atoms with van der Waals surface area (Å²) in [5, 5.41) is 3.68. The lowest BCUT2D eigenvalue weighted by Gasteiger charge is -2.44. The summed E-state index contributed by atoms with van der Waals surface area (Å²) in [7, 11) is 2.24. The Hall–Kier alpha value is -2.14. The van der Waals surface area contributed by atoms with Crippen molar-refractivity contribution < 1.29 is 0 Å². The van der Waals surface area contributed by atoms with Gasteiger partial charge in [-0.2, -0.15) is 4.98 Å². The van der Waals surface area contributed by atoms with E-state index < -0.39 is 0 Å². The average Bonchev–Trinajstić information content (AvgIpc) is 2.66. The number of hydrogen-bond acceptors (Lipinski definition) is 5.